The number of amides is 2. The number of rotatable bonds is 5. The molecule has 1 aromatic rings. The summed E-state index contributed by atoms with van der Waals surface area (Å²) in [5, 5.41) is 2.61. The lowest BCUT2D eigenvalue weighted by atomic mass is 10.2. The van der Waals surface area contributed by atoms with Crippen molar-refractivity contribution in [1.29, 1.82) is 0 Å². The third kappa shape index (κ3) is 6.47. The highest BCUT2D eigenvalue weighted by Crippen LogP contribution is 2.13. The van der Waals surface area contributed by atoms with E-state index >= 15 is 0 Å². The third-order valence-electron chi connectivity index (χ3n) is 2.55. The fourth-order valence-electron chi connectivity index (χ4n) is 1.59. The van der Waals surface area contributed by atoms with Crippen molar-refractivity contribution in [2.75, 3.05) is 27.2 Å². The van der Waals surface area contributed by atoms with Crippen LogP contribution in [0.4, 0.5) is 4.79 Å². The Morgan fingerprint density at radius 1 is 1.14 bits per heavy atom. The van der Waals surface area contributed by atoms with E-state index in [-0.39, 0.29) is 5.91 Å². The standard InChI is InChI=1S/C16H24N2O4/c1-16(2,3)22-15(20)17-10-11-21-13-8-6-12(7-9-13)14(19)18(4)5/h6-9H,10-11H2,1-5H3,(H,17,20). The van der Waals surface area contributed by atoms with Gasteiger partial charge in [-0.25, -0.2) is 4.79 Å². The van der Waals surface area contributed by atoms with Crippen molar-refractivity contribution in [3.8, 4) is 5.75 Å². The van der Waals surface area contributed by atoms with Crippen LogP contribution in [0.3, 0.4) is 0 Å². The van der Waals surface area contributed by atoms with Crippen LogP contribution in [0.15, 0.2) is 24.3 Å². The summed E-state index contributed by atoms with van der Waals surface area (Å²) in [6, 6.07) is 6.87. The molecule has 1 N–H and O–H groups in total. The van der Waals surface area contributed by atoms with Crippen LogP contribution in [0.25, 0.3) is 0 Å². The smallest absolute Gasteiger partial charge is 0.407 e. The van der Waals surface area contributed by atoms with Gasteiger partial charge in [-0.1, -0.05) is 0 Å². The molecule has 0 atom stereocenters. The van der Waals surface area contributed by atoms with Crippen LogP contribution in [-0.2, 0) is 4.74 Å². The normalized spacial score (nSPS) is 10.8. The second-order valence-electron chi connectivity index (χ2n) is 6.00. The molecule has 0 heterocycles. The van der Waals surface area contributed by atoms with Gasteiger partial charge in [0.25, 0.3) is 5.91 Å². The number of hydrogen-bond donors (Lipinski definition) is 1. The molecule has 0 fully saturated rings. The van der Waals surface area contributed by atoms with Crippen LogP contribution < -0.4 is 10.1 Å². The summed E-state index contributed by atoms with van der Waals surface area (Å²) < 4.78 is 10.6. The number of benzene rings is 1. The Labute approximate surface area is 131 Å². The van der Waals surface area contributed by atoms with Gasteiger partial charge in [-0.05, 0) is 45.0 Å². The molecular weight excluding hydrogens is 284 g/mol. The van der Waals surface area contributed by atoms with Gasteiger partial charge in [0.1, 0.15) is 18.0 Å². The Morgan fingerprint density at radius 2 is 1.73 bits per heavy atom. The summed E-state index contributed by atoms with van der Waals surface area (Å²) in [6.07, 6.45) is -0.469. The zero-order chi connectivity index (χ0) is 16.8. The Balaban J connectivity index is 2.34. The molecule has 1 aromatic carbocycles. The molecule has 122 valence electrons. The zero-order valence-electron chi connectivity index (χ0n) is 13.8. The number of carbonyl (C=O) groups excluding carboxylic acids is 2. The van der Waals surface area contributed by atoms with Crippen molar-refractivity contribution in [1.82, 2.24) is 10.2 Å². The number of hydrogen-bond acceptors (Lipinski definition) is 4. The Bertz CT molecular complexity index is 504. The number of ether oxygens (including phenoxy) is 2. The van der Waals surface area contributed by atoms with Gasteiger partial charge in [0.2, 0.25) is 0 Å². The van der Waals surface area contributed by atoms with Crippen LogP contribution in [0.5, 0.6) is 5.75 Å². The molecule has 0 spiro atoms. The van der Waals surface area contributed by atoms with Crippen LogP contribution in [-0.4, -0.2) is 49.7 Å². The molecule has 0 unspecified atom stereocenters. The summed E-state index contributed by atoms with van der Waals surface area (Å²) in [6.45, 7) is 6.08. The molecule has 0 bridgehead atoms. The predicted octanol–water partition coefficient (Wildman–Crippen LogP) is 2.29. The zero-order valence-corrected chi connectivity index (χ0v) is 13.8. The van der Waals surface area contributed by atoms with E-state index in [1.807, 2.05) is 0 Å². The second kappa shape index (κ2) is 7.68. The van der Waals surface area contributed by atoms with Gasteiger partial charge in [-0.2, -0.15) is 0 Å². The minimum atomic E-state index is -0.514. The van der Waals surface area contributed by atoms with Crippen molar-refractivity contribution in [2.45, 2.75) is 26.4 Å². The summed E-state index contributed by atoms with van der Waals surface area (Å²) in [5.41, 5.74) is 0.0870. The highest BCUT2D eigenvalue weighted by atomic mass is 16.6. The molecule has 0 aliphatic heterocycles. The van der Waals surface area contributed by atoms with Crippen LogP contribution in [0.1, 0.15) is 31.1 Å². The SMILES string of the molecule is CN(C)C(=O)c1ccc(OCCNC(=O)OC(C)(C)C)cc1. The Hall–Kier alpha value is -2.24. The molecule has 1 rings (SSSR count). The molecule has 0 aromatic heterocycles. The quantitative estimate of drug-likeness (QED) is 0.848. The van der Waals surface area contributed by atoms with E-state index in [0.29, 0.717) is 24.5 Å². The van der Waals surface area contributed by atoms with Gasteiger partial charge in [0.05, 0.1) is 6.54 Å². The number of nitrogens with one attached hydrogen (secondary N) is 1. The highest BCUT2D eigenvalue weighted by Gasteiger charge is 2.15. The van der Waals surface area contributed by atoms with E-state index in [2.05, 4.69) is 5.32 Å². The van der Waals surface area contributed by atoms with Crippen LogP contribution in [0.2, 0.25) is 0 Å². The molecule has 0 saturated carbocycles. The maximum Gasteiger partial charge on any atom is 0.407 e. The van der Waals surface area contributed by atoms with Crippen molar-refractivity contribution in [3.63, 3.8) is 0 Å². The van der Waals surface area contributed by atoms with Gasteiger partial charge in [0.15, 0.2) is 0 Å². The second-order valence-corrected chi connectivity index (χ2v) is 6.00. The highest BCUT2D eigenvalue weighted by molar-refractivity contribution is 5.93. The average Bonchev–Trinajstić information content (AvgIpc) is 2.41. The fraction of sp³-hybridized carbons (Fsp3) is 0.500. The largest absolute Gasteiger partial charge is 0.492 e. The summed E-state index contributed by atoms with van der Waals surface area (Å²) >= 11 is 0. The van der Waals surface area contributed by atoms with Crippen molar-refractivity contribution < 1.29 is 19.1 Å². The fourth-order valence-corrected chi connectivity index (χ4v) is 1.59. The van der Waals surface area contributed by atoms with E-state index in [1.165, 1.54) is 4.90 Å². The summed E-state index contributed by atoms with van der Waals surface area (Å²) in [7, 11) is 3.41. The minimum Gasteiger partial charge on any atom is -0.492 e. The number of nitrogens with zero attached hydrogens (tertiary/aromatic N) is 1. The van der Waals surface area contributed by atoms with E-state index in [1.54, 1.807) is 59.1 Å². The molecule has 22 heavy (non-hydrogen) atoms. The first-order valence-electron chi connectivity index (χ1n) is 7.10. The third-order valence-corrected chi connectivity index (χ3v) is 2.55. The van der Waals surface area contributed by atoms with Gasteiger partial charge >= 0.3 is 6.09 Å². The molecule has 6 heteroatoms. The summed E-state index contributed by atoms with van der Waals surface area (Å²) in [5.74, 6) is 0.583. The molecule has 6 nitrogen and oxygen atoms in total. The number of carbonyl (C=O) groups is 2. The maximum atomic E-state index is 11.7. The van der Waals surface area contributed by atoms with Gasteiger partial charge in [-0.3, -0.25) is 4.79 Å². The van der Waals surface area contributed by atoms with E-state index in [4.69, 9.17) is 9.47 Å². The molecule has 0 aliphatic rings. The first kappa shape index (κ1) is 17.8. The maximum absolute atomic E-state index is 11.7. The van der Waals surface area contributed by atoms with E-state index in [0.717, 1.165) is 0 Å². The van der Waals surface area contributed by atoms with Crippen LogP contribution in [0, 0.1) is 0 Å². The van der Waals surface area contributed by atoms with E-state index in [9.17, 15) is 9.59 Å². The minimum absolute atomic E-state index is 0.0573. The van der Waals surface area contributed by atoms with Gasteiger partial charge in [0, 0.05) is 19.7 Å². The summed E-state index contributed by atoms with van der Waals surface area (Å²) in [4.78, 5) is 24.7. The van der Waals surface area contributed by atoms with Crippen molar-refractivity contribution in [3.05, 3.63) is 29.8 Å². The lowest BCUT2D eigenvalue weighted by molar-refractivity contribution is 0.0520. The van der Waals surface area contributed by atoms with Crippen molar-refractivity contribution >= 4 is 12.0 Å². The van der Waals surface area contributed by atoms with Crippen molar-refractivity contribution in [2.24, 2.45) is 0 Å². The molecule has 0 radical (unpaired) electrons. The lowest BCUT2D eigenvalue weighted by Gasteiger charge is -2.19. The van der Waals surface area contributed by atoms with E-state index < -0.39 is 11.7 Å². The first-order valence-corrected chi connectivity index (χ1v) is 7.10. The molecule has 2 amide bonds. The number of alkyl carbamates (subject to hydrolysis) is 1. The topological polar surface area (TPSA) is 67.9 Å². The Kier molecular flexibility index (Phi) is 6.22. The Morgan fingerprint density at radius 3 is 2.23 bits per heavy atom. The van der Waals surface area contributed by atoms with Gasteiger partial charge in [-0.15, -0.1) is 0 Å². The predicted molar refractivity (Wildman–Crippen MR) is 84.2 cm³/mol. The molecule has 0 saturated heterocycles. The first-order chi connectivity index (χ1) is 10.2. The van der Waals surface area contributed by atoms with Crippen LogP contribution >= 0.6 is 0 Å². The monoisotopic (exact) mass is 308 g/mol. The average molecular weight is 308 g/mol. The lowest BCUT2D eigenvalue weighted by Crippen LogP contribution is -2.34. The van der Waals surface area contributed by atoms with Gasteiger partial charge < -0.3 is 19.7 Å². The molecule has 0 aliphatic carbocycles. The molecular formula is C16H24N2O4.